The number of nitrogens with two attached hydrogens (primary N) is 1. The molecule has 0 bridgehead atoms. The van der Waals surface area contributed by atoms with E-state index in [1.165, 1.54) is 19.2 Å². The van der Waals surface area contributed by atoms with Crippen LogP contribution in [-0.4, -0.2) is 7.11 Å². The minimum Gasteiger partial charge on any atom is -0.496 e. The summed E-state index contributed by atoms with van der Waals surface area (Å²) in [5.74, 6) is 5.21. The van der Waals surface area contributed by atoms with Crippen LogP contribution in [0.5, 0.6) is 5.75 Å². The van der Waals surface area contributed by atoms with Gasteiger partial charge in [-0.25, -0.2) is 10.3 Å². The predicted octanol–water partition coefficient (Wildman–Crippen LogP) is 1.53. The smallest absolute Gasteiger partial charge is 0.127 e. The molecule has 0 heterocycles. The van der Waals surface area contributed by atoms with Crippen LogP contribution in [0.1, 0.15) is 11.1 Å². The first-order valence-electron chi connectivity index (χ1n) is 3.83. The van der Waals surface area contributed by atoms with Gasteiger partial charge in [-0.1, -0.05) is 0 Å². The fourth-order valence-corrected chi connectivity index (χ4v) is 1.29. The van der Waals surface area contributed by atoms with Gasteiger partial charge < -0.3 is 4.74 Å². The molecule has 0 saturated carbocycles. The van der Waals surface area contributed by atoms with Gasteiger partial charge in [0.25, 0.3) is 0 Å². The Balaban J connectivity index is 3.13. The van der Waals surface area contributed by atoms with Crippen LogP contribution in [0, 0.1) is 12.7 Å². The molecular weight excluding hydrogens is 173 g/mol. The molecule has 72 valence electrons. The second kappa shape index (κ2) is 4.20. The maximum absolute atomic E-state index is 12.9. The maximum Gasteiger partial charge on any atom is 0.127 e. The normalized spacial score (nSPS) is 10.2. The summed E-state index contributed by atoms with van der Waals surface area (Å²) in [6.07, 6.45) is 0. The molecule has 0 saturated heterocycles. The lowest BCUT2D eigenvalue weighted by atomic mass is 10.1. The van der Waals surface area contributed by atoms with E-state index in [4.69, 9.17) is 10.6 Å². The van der Waals surface area contributed by atoms with Gasteiger partial charge in [0, 0.05) is 5.56 Å². The summed E-state index contributed by atoms with van der Waals surface area (Å²) in [5.41, 5.74) is 1.34. The fraction of sp³-hybridized carbons (Fsp3) is 0.333. The van der Waals surface area contributed by atoms with Crippen LogP contribution in [0.15, 0.2) is 12.1 Å². The van der Waals surface area contributed by atoms with Crippen LogP contribution < -0.4 is 10.6 Å². The lowest BCUT2D eigenvalue weighted by molar-refractivity contribution is 0.121. The summed E-state index contributed by atoms with van der Waals surface area (Å²) >= 11 is 0. The van der Waals surface area contributed by atoms with Crippen LogP contribution >= 0.6 is 0 Å². The molecule has 1 rings (SSSR count). The van der Waals surface area contributed by atoms with Gasteiger partial charge in [-0.15, -0.1) is 0 Å². The molecular formula is C9H12FNO2. The van der Waals surface area contributed by atoms with E-state index in [0.29, 0.717) is 11.3 Å². The summed E-state index contributed by atoms with van der Waals surface area (Å²) in [6.45, 7) is 1.91. The zero-order valence-corrected chi connectivity index (χ0v) is 7.63. The molecule has 0 aromatic heterocycles. The number of methoxy groups -OCH3 is 1. The van der Waals surface area contributed by atoms with Gasteiger partial charge in [0.1, 0.15) is 11.6 Å². The number of hydrogen-bond donors (Lipinski definition) is 1. The Morgan fingerprint density at radius 1 is 1.46 bits per heavy atom. The lowest BCUT2D eigenvalue weighted by Gasteiger charge is -2.10. The Morgan fingerprint density at radius 3 is 2.69 bits per heavy atom. The minimum atomic E-state index is -0.314. The number of rotatable bonds is 3. The first-order chi connectivity index (χ1) is 6.19. The van der Waals surface area contributed by atoms with Crippen molar-refractivity contribution in [1.29, 1.82) is 0 Å². The molecule has 4 heteroatoms. The van der Waals surface area contributed by atoms with Crippen LogP contribution in [0.25, 0.3) is 0 Å². The lowest BCUT2D eigenvalue weighted by Crippen LogP contribution is -2.02. The summed E-state index contributed by atoms with van der Waals surface area (Å²) in [6, 6.07) is 2.75. The van der Waals surface area contributed by atoms with Gasteiger partial charge in [0.2, 0.25) is 0 Å². The van der Waals surface area contributed by atoms with Crippen LogP contribution in [0.3, 0.4) is 0 Å². The topological polar surface area (TPSA) is 44.5 Å². The summed E-state index contributed by atoms with van der Waals surface area (Å²) in [5, 5.41) is 0. The SMILES string of the molecule is COc1c(C)cc(F)cc1CON. The molecule has 2 N–H and O–H groups in total. The van der Waals surface area contributed by atoms with E-state index in [9.17, 15) is 4.39 Å². The molecule has 13 heavy (non-hydrogen) atoms. The van der Waals surface area contributed by atoms with Gasteiger partial charge in [-0.3, -0.25) is 4.84 Å². The first-order valence-corrected chi connectivity index (χ1v) is 3.83. The molecule has 0 amide bonds. The summed E-state index contributed by atoms with van der Waals surface area (Å²) < 4.78 is 18.0. The molecule has 0 radical (unpaired) electrons. The van der Waals surface area contributed by atoms with Crippen LogP contribution in [-0.2, 0) is 11.4 Å². The Bertz CT molecular complexity index is 302. The number of hydrogen-bond acceptors (Lipinski definition) is 3. The number of benzene rings is 1. The molecule has 1 aromatic carbocycles. The maximum atomic E-state index is 12.9. The van der Waals surface area contributed by atoms with Gasteiger partial charge >= 0.3 is 0 Å². The van der Waals surface area contributed by atoms with Crippen molar-refractivity contribution in [2.75, 3.05) is 7.11 Å². The highest BCUT2D eigenvalue weighted by Gasteiger charge is 2.08. The largest absolute Gasteiger partial charge is 0.496 e. The van der Waals surface area contributed by atoms with Crippen molar-refractivity contribution in [3.8, 4) is 5.75 Å². The molecule has 0 aliphatic heterocycles. The van der Waals surface area contributed by atoms with E-state index in [2.05, 4.69) is 4.84 Å². The molecule has 0 unspecified atom stereocenters. The van der Waals surface area contributed by atoms with E-state index in [1.54, 1.807) is 6.92 Å². The van der Waals surface area contributed by atoms with Crippen molar-refractivity contribution < 1.29 is 14.0 Å². The monoisotopic (exact) mass is 185 g/mol. The van der Waals surface area contributed by atoms with Crippen molar-refractivity contribution >= 4 is 0 Å². The predicted molar refractivity (Wildman–Crippen MR) is 46.7 cm³/mol. The first kappa shape index (κ1) is 9.95. The van der Waals surface area contributed by atoms with Gasteiger partial charge in [0.15, 0.2) is 0 Å². The highest BCUT2D eigenvalue weighted by atomic mass is 19.1. The van der Waals surface area contributed by atoms with Gasteiger partial charge in [0.05, 0.1) is 13.7 Å². The van der Waals surface area contributed by atoms with E-state index >= 15 is 0 Å². The molecule has 0 atom stereocenters. The standard InChI is InChI=1S/C9H12FNO2/c1-6-3-8(10)4-7(5-13-11)9(6)12-2/h3-4H,5,11H2,1-2H3. The zero-order valence-electron chi connectivity index (χ0n) is 7.63. The molecule has 0 aliphatic carbocycles. The number of aryl methyl sites for hydroxylation is 1. The number of halogens is 1. The third-order valence-corrected chi connectivity index (χ3v) is 1.76. The Kier molecular flexibility index (Phi) is 3.22. The zero-order chi connectivity index (χ0) is 9.84. The quantitative estimate of drug-likeness (QED) is 0.726. The summed E-state index contributed by atoms with van der Waals surface area (Å²) in [4.78, 5) is 4.43. The Labute approximate surface area is 76.2 Å². The van der Waals surface area contributed by atoms with E-state index < -0.39 is 0 Å². The van der Waals surface area contributed by atoms with Crippen molar-refractivity contribution in [3.63, 3.8) is 0 Å². The summed E-state index contributed by atoms with van der Waals surface area (Å²) in [7, 11) is 1.53. The molecule has 0 fully saturated rings. The third kappa shape index (κ3) is 2.17. The average molecular weight is 185 g/mol. The molecule has 0 spiro atoms. The van der Waals surface area contributed by atoms with Crippen LogP contribution in [0.2, 0.25) is 0 Å². The second-order valence-corrected chi connectivity index (χ2v) is 2.73. The second-order valence-electron chi connectivity index (χ2n) is 2.73. The Hall–Kier alpha value is -1.13. The third-order valence-electron chi connectivity index (χ3n) is 1.76. The molecule has 3 nitrogen and oxygen atoms in total. The Morgan fingerprint density at radius 2 is 2.15 bits per heavy atom. The van der Waals surface area contributed by atoms with Crippen molar-refractivity contribution in [3.05, 3.63) is 29.1 Å². The highest BCUT2D eigenvalue weighted by molar-refractivity contribution is 5.40. The van der Waals surface area contributed by atoms with Crippen molar-refractivity contribution in [1.82, 2.24) is 0 Å². The van der Waals surface area contributed by atoms with Crippen molar-refractivity contribution in [2.45, 2.75) is 13.5 Å². The minimum absolute atomic E-state index is 0.141. The van der Waals surface area contributed by atoms with Crippen molar-refractivity contribution in [2.24, 2.45) is 5.90 Å². The van der Waals surface area contributed by atoms with Gasteiger partial charge in [-0.2, -0.15) is 0 Å². The molecule has 0 aliphatic rings. The van der Waals surface area contributed by atoms with Gasteiger partial charge in [-0.05, 0) is 24.6 Å². The molecule has 1 aromatic rings. The van der Waals surface area contributed by atoms with E-state index in [0.717, 1.165) is 5.56 Å². The van der Waals surface area contributed by atoms with Crippen LogP contribution in [0.4, 0.5) is 4.39 Å². The van der Waals surface area contributed by atoms with E-state index in [1.807, 2.05) is 0 Å². The van der Waals surface area contributed by atoms with E-state index in [-0.39, 0.29) is 12.4 Å². The highest BCUT2D eigenvalue weighted by Crippen LogP contribution is 2.24. The average Bonchev–Trinajstić information content (AvgIpc) is 2.04. The number of ether oxygens (including phenoxy) is 1. The fourth-order valence-electron chi connectivity index (χ4n) is 1.29.